The summed E-state index contributed by atoms with van der Waals surface area (Å²) in [5, 5.41) is 0. The summed E-state index contributed by atoms with van der Waals surface area (Å²) in [6, 6.07) is 4.54. The van der Waals surface area contributed by atoms with Gasteiger partial charge in [-0.25, -0.2) is 0 Å². The number of aryl methyl sites for hydroxylation is 1. The monoisotopic (exact) mass is 290 g/mol. The Bertz CT molecular complexity index is 525. The molecule has 2 saturated heterocycles. The van der Waals surface area contributed by atoms with Gasteiger partial charge in [0.2, 0.25) is 5.91 Å². The standard InChI is InChI=1S/C17H26N2O2/c1-4-15-17(10-8-16(20)18(17)3)9-5-11-19(15)12-14-7-6-13(2)21-14/h6-7,15H,4-5,8-12H2,1-3H3/t15-,17-/m0/s1. The number of amides is 1. The van der Waals surface area contributed by atoms with Crippen molar-refractivity contribution in [1.82, 2.24) is 9.80 Å². The Kier molecular flexibility index (Phi) is 3.82. The van der Waals surface area contributed by atoms with Crippen molar-refractivity contribution in [1.29, 1.82) is 0 Å². The fraction of sp³-hybridized carbons (Fsp3) is 0.706. The number of hydrogen-bond acceptors (Lipinski definition) is 3. The number of likely N-dealkylation sites (N-methyl/N-ethyl adjacent to an activating group) is 1. The van der Waals surface area contributed by atoms with Gasteiger partial charge in [-0.3, -0.25) is 9.69 Å². The molecule has 1 amide bonds. The van der Waals surface area contributed by atoms with E-state index in [4.69, 9.17) is 4.42 Å². The average Bonchev–Trinajstić information content (AvgIpc) is 2.99. The van der Waals surface area contributed by atoms with Gasteiger partial charge in [-0.05, 0) is 51.3 Å². The van der Waals surface area contributed by atoms with Gasteiger partial charge in [0.25, 0.3) is 0 Å². The summed E-state index contributed by atoms with van der Waals surface area (Å²) in [7, 11) is 2.00. The summed E-state index contributed by atoms with van der Waals surface area (Å²) in [5.74, 6) is 2.32. The molecule has 0 aliphatic carbocycles. The Morgan fingerprint density at radius 3 is 2.76 bits per heavy atom. The van der Waals surface area contributed by atoms with Gasteiger partial charge in [0.05, 0.1) is 12.1 Å². The minimum absolute atomic E-state index is 0.0473. The zero-order valence-electron chi connectivity index (χ0n) is 13.4. The minimum Gasteiger partial charge on any atom is -0.465 e. The molecule has 0 unspecified atom stereocenters. The Hall–Kier alpha value is -1.29. The van der Waals surface area contributed by atoms with Gasteiger partial charge in [-0.2, -0.15) is 0 Å². The maximum absolute atomic E-state index is 12.1. The van der Waals surface area contributed by atoms with E-state index in [2.05, 4.69) is 17.9 Å². The van der Waals surface area contributed by atoms with Crippen LogP contribution in [0, 0.1) is 6.92 Å². The van der Waals surface area contributed by atoms with E-state index in [0.717, 1.165) is 50.3 Å². The summed E-state index contributed by atoms with van der Waals surface area (Å²) in [6.45, 7) is 6.19. The third-order valence-electron chi connectivity index (χ3n) is 5.47. The number of likely N-dealkylation sites (tertiary alicyclic amines) is 2. The van der Waals surface area contributed by atoms with Gasteiger partial charge in [-0.1, -0.05) is 6.92 Å². The number of rotatable bonds is 3. The molecule has 1 spiro atoms. The fourth-order valence-electron chi connectivity index (χ4n) is 4.44. The van der Waals surface area contributed by atoms with E-state index in [1.807, 2.05) is 24.9 Å². The second kappa shape index (κ2) is 5.48. The number of hydrogen-bond donors (Lipinski definition) is 0. The molecular formula is C17H26N2O2. The molecule has 2 fully saturated rings. The molecular weight excluding hydrogens is 264 g/mol. The molecule has 0 saturated carbocycles. The first-order chi connectivity index (χ1) is 10.1. The summed E-state index contributed by atoms with van der Waals surface area (Å²) in [4.78, 5) is 16.6. The molecule has 2 aliphatic heterocycles. The third-order valence-corrected chi connectivity index (χ3v) is 5.47. The maximum Gasteiger partial charge on any atom is 0.222 e. The SMILES string of the molecule is CC[C@@H]1N(Cc2ccc(C)o2)CCC[C@]12CCC(=O)N2C. The molecule has 1 aromatic heterocycles. The highest BCUT2D eigenvalue weighted by Crippen LogP contribution is 2.42. The van der Waals surface area contributed by atoms with Crippen molar-refractivity contribution in [3.8, 4) is 0 Å². The van der Waals surface area contributed by atoms with Crippen LogP contribution < -0.4 is 0 Å². The second-order valence-corrected chi connectivity index (χ2v) is 6.57. The lowest BCUT2D eigenvalue weighted by Crippen LogP contribution is -2.61. The van der Waals surface area contributed by atoms with Crippen LogP contribution in [-0.2, 0) is 11.3 Å². The van der Waals surface area contributed by atoms with Crippen LogP contribution in [-0.4, -0.2) is 40.9 Å². The first kappa shape index (κ1) is 14.6. The van der Waals surface area contributed by atoms with Crippen molar-refractivity contribution in [2.75, 3.05) is 13.6 Å². The molecule has 0 radical (unpaired) electrons. The molecule has 0 aromatic carbocycles. The molecule has 2 aliphatic rings. The Morgan fingerprint density at radius 2 is 2.19 bits per heavy atom. The number of furan rings is 1. The summed E-state index contributed by atoms with van der Waals surface area (Å²) >= 11 is 0. The van der Waals surface area contributed by atoms with Crippen LogP contribution in [0.4, 0.5) is 0 Å². The van der Waals surface area contributed by atoms with Gasteiger partial charge in [0.15, 0.2) is 0 Å². The highest BCUT2D eigenvalue weighted by molar-refractivity contribution is 5.79. The van der Waals surface area contributed by atoms with Crippen molar-refractivity contribution in [3.63, 3.8) is 0 Å². The van der Waals surface area contributed by atoms with E-state index >= 15 is 0 Å². The van der Waals surface area contributed by atoms with E-state index in [-0.39, 0.29) is 5.54 Å². The zero-order valence-corrected chi connectivity index (χ0v) is 13.4. The maximum atomic E-state index is 12.1. The lowest BCUT2D eigenvalue weighted by atomic mass is 9.77. The van der Waals surface area contributed by atoms with Gasteiger partial charge in [-0.15, -0.1) is 0 Å². The lowest BCUT2D eigenvalue weighted by Gasteiger charge is -2.51. The van der Waals surface area contributed by atoms with Crippen LogP contribution in [0.1, 0.15) is 50.5 Å². The lowest BCUT2D eigenvalue weighted by molar-refractivity contribution is -0.133. The van der Waals surface area contributed by atoms with Crippen LogP contribution in [0.15, 0.2) is 16.5 Å². The van der Waals surface area contributed by atoms with Crippen LogP contribution >= 0.6 is 0 Å². The quantitative estimate of drug-likeness (QED) is 0.859. The van der Waals surface area contributed by atoms with Crippen molar-refractivity contribution < 1.29 is 9.21 Å². The van der Waals surface area contributed by atoms with E-state index in [0.29, 0.717) is 18.4 Å². The van der Waals surface area contributed by atoms with Gasteiger partial charge >= 0.3 is 0 Å². The van der Waals surface area contributed by atoms with Crippen LogP contribution in [0.3, 0.4) is 0 Å². The van der Waals surface area contributed by atoms with Crippen LogP contribution in [0.25, 0.3) is 0 Å². The Balaban J connectivity index is 1.83. The van der Waals surface area contributed by atoms with Crippen molar-refractivity contribution in [2.24, 2.45) is 0 Å². The minimum atomic E-state index is 0.0473. The summed E-state index contributed by atoms with van der Waals surface area (Å²) < 4.78 is 5.76. The highest BCUT2D eigenvalue weighted by atomic mass is 16.3. The Morgan fingerprint density at radius 1 is 1.38 bits per heavy atom. The van der Waals surface area contributed by atoms with Crippen molar-refractivity contribution >= 4 is 5.91 Å². The number of carbonyl (C=O) groups is 1. The molecule has 3 rings (SSSR count). The average molecular weight is 290 g/mol. The van der Waals surface area contributed by atoms with E-state index < -0.39 is 0 Å². The predicted molar refractivity (Wildman–Crippen MR) is 81.9 cm³/mol. The molecule has 0 bridgehead atoms. The van der Waals surface area contributed by atoms with Crippen molar-refractivity contribution in [2.45, 2.75) is 64.1 Å². The fourth-order valence-corrected chi connectivity index (χ4v) is 4.44. The third kappa shape index (κ3) is 2.39. The Labute approximate surface area is 127 Å². The highest BCUT2D eigenvalue weighted by Gasteiger charge is 2.51. The molecule has 4 heteroatoms. The summed E-state index contributed by atoms with van der Waals surface area (Å²) in [5.41, 5.74) is 0.0473. The molecule has 3 heterocycles. The van der Waals surface area contributed by atoms with Crippen LogP contribution in [0.5, 0.6) is 0 Å². The smallest absolute Gasteiger partial charge is 0.222 e. The van der Waals surface area contributed by atoms with Gasteiger partial charge in [0, 0.05) is 19.5 Å². The molecule has 21 heavy (non-hydrogen) atoms. The van der Waals surface area contributed by atoms with Gasteiger partial charge in [0.1, 0.15) is 11.5 Å². The zero-order chi connectivity index (χ0) is 15.0. The molecule has 0 N–H and O–H groups in total. The van der Waals surface area contributed by atoms with Gasteiger partial charge < -0.3 is 9.32 Å². The largest absolute Gasteiger partial charge is 0.465 e. The predicted octanol–water partition coefficient (Wildman–Crippen LogP) is 2.95. The second-order valence-electron chi connectivity index (χ2n) is 6.57. The first-order valence-electron chi connectivity index (χ1n) is 8.13. The molecule has 4 nitrogen and oxygen atoms in total. The van der Waals surface area contributed by atoms with Crippen molar-refractivity contribution in [3.05, 3.63) is 23.7 Å². The molecule has 116 valence electrons. The van der Waals surface area contributed by atoms with E-state index in [9.17, 15) is 4.79 Å². The summed E-state index contributed by atoms with van der Waals surface area (Å²) in [6.07, 6.45) is 5.10. The normalized spacial score (nSPS) is 30.5. The van der Waals surface area contributed by atoms with E-state index in [1.165, 1.54) is 0 Å². The van der Waals surface area contributed by atoms with Crippen LogP contribution in [0.2, 0.25) is 0 Å². The number of nitrogens with zero attached hydrogens (tertiary/aromatic N) is 2. The molecule has 1 aromatic rings. The molecule has 2 atom stereocenters. The number of carbonyl (C=O) groups excluding carboxylic acids is 1. The topological polar surface area (TPSA) is 36.7 Å². The first-order valence-corrected chi connectivity index (χ1v) is 8.13. The number of piperidine rings is 1. The van der Waals surface area contributed by atoms with E-state index in [1.54, 1.807) is 0 Å².